The monoisotopic (exact) mass is 361 g/mol. The lowest BCUT2D eigenvalue weighted by Crippen LogP contribution is -2.77. The molecule has 1 heterocycles. The molecule has 0 unspecified atom stereocenters. The van der Waals surface area contributed by atoms with Crippen LogP contribution in [0.5, 0.6) is 0 Å². The number of benzene rings is 1. The number of tetrazole rings is 1. The van der Waals surface area contributed by atoms with Crippen molar-refractivity contribution in [3.8, 4) is 5.69 Å². The molecular formula is C17H20ClN5O2. The van der Waals surface area contributed by atoms with Crippen LogP contribution in [0.4, 0.5) is 4.79 Å². The fraction of sp³-hybridized carbons (Fsp3) is 0.529. The number of alkyl carbamates (subject to hydrolysis) is 1. The fourth-order valence-corrected chi connectivity index (χ4v) is 3.91. The Morgan fingerprint density at radius 2 is 1.88 bits per heavy atom. The minimum atomic E-state index is -0.492. The first kappa shape index (κ1) is 16.3. The van der Waals surface area contributed by atoms with Crippen LogP contribution in [0, 0.1) is 0 Å². The summed E-state index contributed by atoms with van der Waals surface area (Å²) in [5.74, 6) is 0.732. The summed E-state index contributed by atoms with van der Waals surface area (Å²) in [6, 6.07) is 7.28. The van der Waals surface area contributed by atoms with Crippen LogP contribution in [0.15, 0.2) is 24.3 Å². The molecule has 3 aliphatic carbocycles. The second-order valence-electron chi connectivity index (χ2n) is 8.10. The van der Waals surface area contributed by atoms with Gasteiger partial charge in [0.15, 0.2) is 5.82 Å². The lowest BCUT2D eigenvalue weighted by atomic mass is 9.39. The zero-order chi connectivity index (χ0) is 17.9. The van der Waals surface area contributed by atoms with Gasteiger partial charge in [-0.25, -0.2) is 4.79 Å². The first-order valence-electron chi connectivity index (χ1n) is 8.26. The van der Waals surface area contributed by atoms with Crippen molar-refractivity contribution >= 4 is 17.7 Å². The summed E-state index contributed by atoms with van der Waals surface area (Å²) in [4.78, 5) is 13.5. The van der Waals surface area contributed by atoms with Crippen LogP contribution in [0.3, 0.4) is 0 Å². The van der Waals surface area contributed by atoms with Crippen LogP contribution in [-0.2, 0) is 10.2 Å². The molecule has 1 amide bonds. The average molecular weight is 362 g/mol. The minimum Gasteiger partial charge on any atom is -0.444 e. The number of hydrogen-bond acceptors (Lipinski definition) is 5. The van der Waals surface area contributed by atoms with Crippen LogP contribution in [-0.4, -0.2) is 37.4 Å². The summed E-state index contributed by atoms with van der Waals surface area (Å²) in [6.07, 6.45) is 2.11. The highest BCUT2D eigenvalue weighted by molar-refractivity contribution is 6.30. The molecule has 0 saturated heterocycles. The van der Waals surface area contributed by atoms with Gasteiger partial charge in [-0.05, 0) is 69.5 Å². The average Bonchev–Trinajstić information content (AvgIpc) is 2.89. The molecule has 0 atom stereocenters. The third-order valence-electron chi connectivity index (χ3n) is 4.74. The van der Waals surface area contributed by atoms with E-state index in [0.29, 0.717) is 5.02 Å². The molecule has 3 aliphatic rings. The standard InChI is InChI=1S/C17H20ClN5O2/c1-15(2,3)25-14(24)19-17-8-16(9-17,10-17)13-20-22-23(21-13)12-6-4-11(18)5-7-12/h4-7H,8-10H2,1-3H3,(H,19,24). The normalized spacial score (nSPS) is 27.2. The summed E-state index contributed by atoms with van der Waals surface area (Å²) < 4.78 is 5.34. The quantitative estimate of drug-likeness (QED) is 0.908. The summed E-state index contributed by atoms with van der Waals surface area (Å²) in [7, 11) is 0. The smallest absolute Gasteiger partial charge is 0.408 e. The maximum Gasteiger partial charge on any atom is 0.408 e. The highest BCUT2D eigenvalue weighted by atomic mass is 35.5. The number of aromatic nitrogens is 4. The third kappa shape index (κ3) is 2.86. The van der Waals surface area contributed by atoms with E-state index < -0.39 is 5.60 Å². The van der Waals surface area contributed by atoms with Gasteiger partial charge in [0.1, 0.15) is 5.60 Å². The number of halogens is 1. The van der Waals surface area contributed by atoms with Crippen molar-refractivity contribution in [2.45, 2.75) is 56.6 Å². The molecule has 1 aromatic carbocycles. The summed E-state index contributed by atoms with van der Waals surface area (Å²) >= 11 is 5.90. The maximum atomic E-state index is 12.0. The Bertz CT molecular complexity index is 805. The van der Waals surface area contributed by atoms with Gasteiger partial charge in [0, 0.05) is 16.0 Å². The Morgan fingerprint density at radius 1 is 1.24 bits per heavy atom. The molecule has 0 spiro atoms. The fourth-order valence-electron chi connectivity index (χ4n) is 3.79. The Kier molecular flexibility index (Phi) is 3.38. The second-order valence-corrected chi connectivity index (χ2v) is 8.53. The molecule has 0 aliphatic heterocycles. The van der Waals surface area contributed by atoms with Gasteiger partial charge in [0.05, 0.1) is 5.69 Å². The first-order valence-corrected chi connectivity index (χ1v) is 8.64. The van der Waals surface area contributed by atoms with E-state index in [-0.39, 0.29) is 17.0 Å². The molecule has 25 heavy (non-hydrogen) atoms. The highest BCUT2D eigenvalue weighted by Gasteiger charge is 2.71. The number of nitrogens with zero attached hydrogens (tertiary/aromatic N) is 4. The molecule has 0 radical (unpaired) electrons. The molecule has 2 bridgehead atoms. The molecule has 132 valence electrons. The van der Waals surface area contributed by atoms with Gasteiger partial charge < -0.3 is 10.1 Å². The van der Waals surface area contributed by atoms with Crippen LogP contribution < -0.4 is 5.32 Å². The third-order valence-corrected chi connectivity index (χ3v) is 4.99. The molecular weight excluding hydrogens is 342 g/mol. The van der Waals surface area contributed by atoms with E-state index in [4.69, 9.17) is 16.3 Å². The van der Waals surface area contributed by atoms with E-state index in [1.165, 1.54) is 4.80 Å². The van der Waals surface area contributed by atoms with Crippen LogP contribution in [0.1, 0.15) is 45.9 Å². The number of ether oxygens (including phenoxy) is 1. The van der Waals surface area contributed by atoms with Crippen LogP contribution >= 0.6 is 11.6 Å². The predicted octanol–water partition coefficient (Wildman–Crippen LogP) is 3.01. The van der Waals surface area contributed by atoms with Gasteiger partial charge in [-0.15, -0.1) is 15.0 Å². The van der Waals surface area contributed by atoms with E-state index >= 15 is 0 Å². The van der Waals surface area contributed by atoms with Gasteiger partial charge in [0.2, 0.25) is 0 Å². The number of amides is 1. The number of nitrogens with one attached hydrogen (secondary N) is 1. The predicted molar refractivity (Wildman–Crippen MR) is 91.8 cm³/mol. The van der Waals surface area contributed by atoms with Crippen molar-refractivity contribution in [3.63, 3.8) is 0 Å². The van der Waals surface area contributed by atoms with E-state index in [1.807, 2.05) is 32.9 Å². The molecule has 1 aromatic heterocycles. The molecule has 1 N–H and O–H groups in total. The summed E-state index contributed by atoms with van der Waals surface area (Å²) in [5, 5.41) is 16.5. The van der Waals surface area contributed by atoms with Gasteiger partial charge in [-0.2, -0.15) is 0 Å². The number of carbonyl (C=O) groups is 1. The van der Waals surface area contributed by atoms with Gasteiger partial charge in [0.25, 0.3) is 0 Å². The molecule has 7 nitrogen and oxygen atoms in total. The van der Waals surface area contributed by atoms with Gasteiger partial charge in [-0.3, -0.25) is 0 Å². The van der Waals surface area contributed by atoms with E-state index in [1.54, 1.807) is 12.1 Å². The number of hydrogen-bond donors (Lipinski definition) is 1. The van der Waals surface area contributed by atoms with Crippen molar-refractivity contribution in [3.05, 3.63) is 35.1 Å². The van der Waals surface area contributed by atoms with Crippen LogP contribution in [0.25, 0.3) is 5.69 Å². The Labute approximate surface area is 150 Å². The van der Waals surface area contributed by atoms with Gasteiger partial charge in [-0.1, -0.05) is 11.6 Å². The second kappa shape index (κ2) is 5.17. The zero-order valence-corrected chi connectivity index (χ0v) is 15.2. The Morgan fingerprint density at radius 3 is 2.48 bits per heavy atom. The van der Waals surface area contributed by atoms with Crippen molar-refractivity contribution in [1.29, 1.82) is 0 Å². The largest absolute Gasteiger partial charge is 0.444 e. The highest BCUT2D eigenvalue weighted by Crippen LogP contribution is 2.67. The summed E-state index contributed by atoms with van der Waals surface area (Å²) in [5.41, 5.74) is 0.0818. The van der Waals surface area contributed by atoms with Crippen molar-refractivity contribution in [2.24, 2.45) is 0 Å². The molecule has 3 fully saturated rings. The first-order chi connectivity index (χ1) is 11.7. The van der Waals surface area contributed by atoms with Crippen molar-refractivity contribution in [2.75, 3.05) is 0 Å². The number of carbonyl (C=O) groups excluding carboxylic acids is 1. The molecule has 2 aromatic rings. The van der Waals surface area contributed by atoms with E-state index in [9.17, 15) is 4.79 Å². The zero-order valence-electron chi connectivity index (χ0n) is 14.4. The SMILES string of the molecule is CC(C)(C)OC(=O)NC12CC(c3nnn(-c4ccc(Cl)cc4)n3)(C1)C2. The Hall–Kier alpha value is -2.15. The van der Waals surface area contributed by atoms with Crippen LogP contribution in [0.2, 0.25) is 5.02 Å². The maximum absolute atomic E-state index is 12.0. The van der Waals surface area contributed by atoms with E-state index in [0.717, 1.165) is 30.8 Å². The Balaban J connectivity index is 1.40. The van der Waals surface area contributed by atoms with Crippen molar-refractivity contribution < 1.29 is 9.53 Å². The lowest BCUT2D eigenvalue weighted by Gasteiger charge is -2.68. The number of rotatable bonds is 3. The molecule has 8 heteroatoms. The van der Waals surface area contributed by atoms with E-state index in [2.05, 4.69) is 20.7 Å². The summed E-state index contributed by atoms with van der Waals surface area (Å²) in [6.45, 7) is 5.57. The topological polar surface area (TPSA) is 81.9 Å². The van der Waals surface area contributed by atoms with Crippen molar-refractivity contribution in [1.82, 2.24) is 25.5 Å². The molecule has 3 saturated carbocycles. The minimum absolute atomic E-state index is 0.0698. The molecule has 5 rings (SSSR count). The van der Waals surface area contributed by atoms with Gasteiger partial charge >= 0.3 is 6.09 Å². The lowest BCUT2D eigenvalue weighted by molar-refractivity contribution is -0.0935.